The number of H-pyrrole nitrogens is 2. The van der Waals surface area contributed by atoms with Crippen molar-refractivity contribution in [2.75, 3.05) is 0 Å². The number of carbonyl (C=O) groups excluding carboxylic acids is 1. The highest BCUT2D eigenvalue weighted by molar-refractivity contribution is 5.93. The van der Waals surface area contributed by atoms with Crippen LogP contribution in [0.3, 0.4) is 0 Å². The Morgan fingerprint density at radius 3 is 1.72 bits per heavy atom. The molecule has 3 aromatic rings. The van der Waals surface area contributed by atoms with Gasteiger partial charge in [0.25, 0.3) is 5.69 Å². The molecule has 0 unspecified atom stereocenters. The van der Waals surface area contributed by atoms with Crippen LogP contribution in [-0.2, 0) is 17.6 Å². The van der Waals surface area contributed by atoms with E-state index in [9.17, 15) is 14.9 Å². The third-order valence-corrected chi connectivity index (χ3v) is 7.68. The molecule has 9 nitrogen and oxygen atoms in total. The van der Waals surface area contributed by atoms with Crippen molar-refractivity contribution in [3.63, 3.8) is 0 Å². The predicted molar refractivity (Wildman–Crippen MR) is 173 cm³/mol. The van der Waals surface area contributed by atoms with Crippen LogP contribution >= 0.6 is 0 Å². The number of carbonyl (C=O) groups is 1. The van der Waals surface area contributed by atoms with Gasteiger partial charge < -0.3 is 14.7 Å². The summed E-state index contributed by atoms with van der Waals surface area (Å²) in [5, 5.41) is 12.6. The summed E-state index contributed by atoms with van der Waals surface area (Å²) in [6.45, 7) is 9.73. The van der Waals surface area contributed by atoms with E-state index >= 15 is 0 Å². The van der Waals surface area contributed by atoms with E-state index in [1.807, 2.05) is 25.1 Å². The minimum atomic E-state index is -0.436. The summed E-state index contributed by atoms with van der Waals surface area (Å²) >= 11 is 0. The smallest absolute Gasteiger partial charge is 0.308 e. The zero-order valence-corrected chi connectivity index (χ0v) is 25.6. The number of ether oxygens (including phenoxy) is 1. The topological polar surface area (TPSA) is 127 Å². The molecule has 9 heteroatoms. The number of rotatable bonds is 10. The summed E-state index contributed by atoms with van der Waals surface area (Å²) in [5.41, 5.74) is 9.11. The van der Waals surface area contributed by atoms with Crippen molar-refractivity contribution in [3.05, 3.63) is 68.3 Å². The van der Waals surface area contributed by atoms with Crippen molar-refractivity contribution in [2.24, 2.45) is 0 Å². The number of nitro groups is 1. The molecule has 5 rings (SSSR count). The fourth-order valence-electron chi connectivity index (χ4n) is 5.84. The number of hydrogen-bond acceptors (Lipinski definition) is 6. The van der Waals surface area contributed by atoms with Crippen LogP contribution in [0.25, 0.3) is 45.4 Å². The van der Waals surface area contributed by atoms with Gasteiger partial charge in [0, 0.05) is 30.1 Å². The molecule has 224 valence electrons. The average molecular weight is 582 g/mol. The van der Waals surface area contributed by atoms with E-state index in [1.165, 1.54) is 6.92 Å². The first kappa shape index (κ1) is 29.9. The van der Waals surface area contributed by atoms with Crippen LogP contribution < -0.4 is 4.74 Å². The Bertz CT molecular complexity index is 1810. The lowest BCUT2D eigenvalue weighted by Crippen LogP contribution is -2.03. The van der Waals surface area contributed by atoms with Crippen LogP contribution in [0.15, 0.2) is 24.3 Å². The van der Waals surface area contributed by atoms with Gasteiger partial charge in [-0.2, -0.15) is 0 Å². The van der Waals surface area contributed by atoms with Gasteiger partial charge in [-0.3, -0.25) is 14.9 Å². The summed E-state index contributed by atoms with van der Waals surface area (Å²) < 4.78 is 5.82. The number of esters is 1. The number of nitrogens with zero attached hydrogens (tertiary/aromatic N) is 3. The first-order chi connectivity index (χ1) is 20.8. The minimum absolute atomic E-state index is 0.0487. The molecular formula is C34H39N5O4. The van der Waals surface area contributed by atoms with E-state index < -0.39 is 5.97 Å². The first-order valence-corrected chi connectivity index (χ1v) is 15.3. The Labute approximate surface area is 251 Å². The Morgan fingerprint density at radius 1 is 0.744 bits per heavy atom. The van der Waals surface area contributed by atoms with E-state index in [4.69, 9.17) is 14.7 Å². The molecule has 8 bridgehead atoms. The van der Waals surface area contributed by atoms with Crippen molar-refractivity contribution in [3.8, 4) is 5.75 Å². The number of allylic oxidation sites excluding steroid dienone is 2. The van der Waals surface area contributed by atoms with E-state index in [1.54, 1.807) is 6.07 Å². The van der Waals surface area contributed by atoms with E-state index in [0.717, 1.165) is 83.8 Å². The highest BCUT2D eigenvalue weighted by atomic mass is 16.6. The van der Waals surface area contributed by atoms with Gasteiger partial charge in [-0.15, -0.1) is 0 Å². The van der Waals surface area contributed by atoms with Crippen molar-refractivity contribution in [1.29, 1.82) is 0 Å². The molecule has 43 heavy (non-hydrogen) atoms. The van der Waals surface area contributed by atoms with Gasteiger partial charge >= 0.3 is 5.97 Å². The molecule has 0 saturated heterocycles. The molecule has 0 spiro atoms. The Hall–Kier alpha value is -4.53. The van der Waals surface area contributed by atoms with Crippen LogP contribution in [0.1, 0.15) is 107 Å². The quantitative estimate of drug-likeness (QED) is 0.140. The maximum absolute atomic E-state index is 12.6. The van der Waals surface area contributed by atoms with Crippen molar-refractivity contribution < 1.29 is 14.5 Å². The molecule has 0 aromatic carbocycles. The molecule has 0 aliphatic carbocycles. The fourth-order valence-corrected chi connectivity index (χ4v) is 5.84. The number of fused-ring (bicyclic) bond motifs is 10. The molecule has 0 atom stereocenters. The minimum Gasteiger partial charge on any atom is -0.424 e. The number of aromatic nitrogens is 4. The highest BCUT2D eigenvalue weighted by Crippen LogP contribution is 2.38. The molecule has 2 aliphatic heterocycles. The lowest BCUT2D eigenvalue weighted by Gasteiger charge is -2.06. The van der Waals surface area contributed by atoms with E-state index in [2.05, 4.69) is 42.9 Å². The third kappa shape index (κ3) is 6.16. The summed E-state index contributed by atoms with van der Waals surface area (Å²) in [5.74, 6) is -0.0697. The largest absolute Gasteiger partial charge is 0.424 e. The molecule has 0 amide bonds. The molecule has 0 fully saturated rings. The summed E-state index contributed by atoms with van der Waals surface area (Å²) in [7, 11) is 0. The van der Waals surface area contributed by atoms with Crippen molar-refractivity contribution >= 4 is 57.0 Å². The van der Waals surface area contributed by atoms with Crippen molar-refractivity contribution in [1.82, 2.24) is 19.9 Å². The van der Waals surface area contributed by atoms with Gasteiger partial charge in [-0.05, 0) is 72.2 Å². The monoisotopic (exact) mass is 581 g/mol. The summed E-state index contributed by atoms with van der Waals surface area (Å²) in [6.07, 6.45) is 10.3. The molecular weight excluding hydrogens is 542 g/mol. The highest BCUT2D eigenvalue weighted by Gasteiger charge is 2.25. The van der Waals surface area contributed by atoms with Crippen LogP contribution in [0.4, 0.5) is 5.69 Å². The maximum atomic E-state index is 12.6. The third-order valence-electron chi connectivity index (χ3n) is 7.68. The number of aromatic amines is 2. The average Bonchev–Trinajstić information content (AvgIpc) is 3.73. The van der Waals surface area contributed by atoms with Gasteiger partial charge in [-0.1, -0.05) is 53.4 Å². The second kappa shape index (κ2) is 12.8. The molecule has 5 heterocycles. The normalized spacial score (nSPS) is 12.7. The molecule has 2 N–H and O–H groups in total. The molecule has 3 aromatic heterocycles. The van der Waals surface area contributed by atoms with Gasteiger partial charge in [0.2, 0.25) is 0 Å². The predicted octanol–water partition coefficient (Wildman–Crippen LogP) is 8.73. The first-order valence-electron chi connectivity index (χ1n) is 15.3. The zero-order valence-electron chi connectivity index (χ0n) is 25.6. The molecule has 2 aliphatic rings. The Morgan fingerprint density at radius 2 is 1.23 bits per heavy atom. The standard InChI is InChI=1S/C34H39N5O4/c1-6-10-21-14-27-28-15-22(11-7-2)26(36-28)19-32(43-20(5)40)34-24(13-9-4)17-30(38-34)29-16-23(12-8-3)33(37-29)31(39(41)42)18-25(21)35-27/h14-19,35-36H,6-13H2,1-5H3. The molecule has 0 saturated carbocycles. The Kier molecular flexibility index (Phi) is 8.89. The van der Waals surface area contributed by atoms with E-state index in [-0.39, 0.29) is 10.6 Å². The Balaban J connectivity index is 2.00. The summed E-state index contributed by atoms with van der Waals surface area (Å²) in [4.78, 5) is 41.3. The van der Waals surface area contributed by atoms with Gasteiger partial charge in [0.15, 0.2) is 5.75 Å². The van der Waals surface area contributed by atoms with Gasteiger partial charge in [0.05, 0.1) is 27.3 Å². The van der Waals surface area contributed by atoms with Crippen LogP contribution in [0, 0.1) is 10.1 Å². The fraction of sp³-hybridized carbons (Fsp3) is 0.382. The summed E-state index contributed by atoms with van der Waals surface area (Å²) in [6, 6.07) is 7.67. The van der Waals surface area contributed by atoms with Gasteiger partial charge in [0.1, 0.15) is 11.4 Å². The van der Waals surface area contributed by atoms with Crippen molar-refractivity contribution in [2.45, 2.75) is 86.0 Å². The van der Waals surface area contributed by atoms with Crippen LogP contribution in [0.2, 0.25) is 0 Å². The number of hydrogen-bond donors (Lipinski definition) is 2. The lowest BCUT2D eigenvalue weighted by atomic mass is 10.0. The molecule has 0 radical (unpaired) electrons. The maximum Gasteiger partial charge on any atom is 0.308 e. The number of nitrogens with one attached hydrogen (secondary N) is 2. The second-order valence-corrected chi connectivity index (χ2v) is 11.2. The second-order valence-electron chi connectivity index (χ2n) is 11.2. The van der Waals surface area contributed by atoms with E-state index in [0.29, 0.717) is 40.5 Å². The van der Waals surface area contributed by atoms with Crippen LogP contribution in [-0.4, -0.2) is 30.8 Å². The number of aryl methyl sites for hydroxylation is 2. The zero-order chi connectivity index (χ0) is 30.7. The SMILES string of the molecule is CCCC1=Cc2nc1c(OC(C)=O)cc1[nH]c(cc1CCC)c1cc(CCC)c(cc([N+](=O)[O-])c3nc2C=C3CCC)[nH]1. The van der Waals surface area contributed by atoms with Gasteiger partial charge in [-0.25, -0.2) is 9.97 Å². The lowest BCUT2D eigenvalue weighted by molar-refractivity contribution is -0.385. The van der Waals surface area contributed by atoms with Crippen LogP contribution in [0.5, 0.6) is 5.75 Å².